The minimum absolute atomic E-state index is 0.292. The van der Waals surface area contributed by atoms with E-state index in [0.717, 1.165) is 11.3 Å². The molecule has 1 rings (SSSR count). The van der Waals surface area contributed by atoms with E-state index in [1.807, 2.05) is 12.1 Å². The van der Waals surface area contributed by atoms with Crippen LogP contribution in [0.1, 0.15) is 25.3 Å². The largest absolute Gasteiger partial charge is 0.544 e. The molecule has 0 heterocycles. The fourth-order valence-corrected chi connectivity index (χ4v) is 2.45. The Morgan fingerprint density at radius 3 is 2.18 bits per heavy atom. The van der Waals surface area contributed by atoms with Gasteiger partial charge in [0.2, 0.25) is 8.32 Å². The van der Waals surface area contributed by atoms with Gasteiger partial charge in [-0.25, -0.2) is 0 Å². The van der Waals surface area contributed by atoms with Crippen LogP contribution in [0.2, 0.25) is 19.6 Å². The summed E-state index contributed by atoms with van der Waals surface area (Å²) in [5.41, 5.74) is 1.54. The zero-order chi connectivity index (χ0) is 13.2. The van der Waals surface area contributed by atoms with Crippen LogP contribution >= 0.6 is 0 Å². The molecule has 2 N–H and O–H groups in total. The average molecular weight is 252 g/mol. The highest BCUT2D eigenvalue weighted by atomic mass is 28.4. The van der Waals surface area contributed by atoms with Gasteiger partial charge in [-0.3, -0.25) is 0 Å². The van der Waals surface area contributed by atoms with Crippen LogP contribution in [-0.2, 0) is 0 Å². The minimum atomic E-state index is -1.64. The molecule has 94 valence electrons. The highest BCUT2D eigenvalue weighted by Crippen LogP contribution is 2.27. The predicted octanol–water partition coefficient (Wildman–Crippen LogP) is 1.70. The first-order chi connectivity index (χ1) is 7.70. The quantitative estimate of drug-likeness (QED) is 0.802. The Morgan fingerprint density at radius 1 is 1.18 bits per heavy atom. The van der Waals surface area contributed by atoms with Crippen LogP contribution in [0.4, 0.5) is 0 Å². The molecule has 1 aromatic carbocycles. The summed E-state index contributed by atoms with van der Waals surface area (Å²) in [7, 11) is -3.07. The highest BCUT2D eigenvalue weighted by Gasteiger charge is 2.21. The Bertz CT molecular complexity index is 386. The molecule has 17 heavy (non-hydrogen) atoms. The van der Waals surface area contributed by atoms with E-state index in [1.165, 1.54) is 0 Å². The molecule has 0 bridgehead atoms. The van der Waals surface area contributed by atoms with Crippen LogP contribution in [0.25, 0.3) is 0 Å². The van der Waals surface area contributed by atoms with Crippen LogP contribution in [0, 0.1) is 0 Å². The lowest BCUT2D eigenvalue weighted by Crippen LogP contribution is -2.32. The molecule has 0 aromatic heterocycles. The maximum absolute atomic E-state index is 9.18. The van der Waals surface area contributed by atoms with Crippen molar-refractivity contribution < 1.29 is 14.5 Å². The Kier molecular flexibility index (Phi) is 4.41. The summed E-state index contributed by atoms with van der Waals surface area (Å²) >= 11 is 0. The zero-order valence-corrected chi connectivity index (χ0v) is 12.2. The molecule has 0 atom stereocenters. The molecule has 5 heteroatoms. The van der Waals surface area contributed by atoms with Crippen molar-refractivity contribution >= 4 is 20.9 Å². The van der Waals surface area contributed by atoms with Crippen LogP contribution in [0.3, 0.4) is 0 Å². The van der Waals surface area contributed by atoms with Gasteiger partial charge in [-0.05, 0) is 42.7 Å². The lowest BCUT2D eigenvalue weighted by atomic mass is 9.78. The number of hydrogen-bond acceptors (Lipinski definition) is 3. The monoisotopic (exact) mass is 252 g/mol. The standard InChI is InChI=1S/C12H21BO3Si/c1-9(2)11-8-10(13(14)15)6-7-12(11)16-17(3,4)5/h6-9,14-15H,1-5H3. The van der Waals surface area contributed by atoms with E-state index in [4.69, 9.17) is 4.43 Å². The Labute approximate surface area is 105 Å². The molecule has 0 radical (unpaired) electrons. The van der Waals surface area contributed by atoms with Crippen molar-refractivity contribution in [3.63, 3.8) is 0 Å². The second-order valence-corrected chi connectivity index (χ2v) is 9.97. The smallest absolute Gasteiger partial charge is 0.488 e. The summed E-state index contributed by atoms with van der Waals surface area (Å²) in [5, 5.41) is 18.4. The van der Waals surface area contributed by atoms with Gasteiger partial charge in [-0.15, -0.1) is 0 Å². The molecule has 3 nitrogen and oxygen atoms in total. The van der Waals surface area contributed by atoms with E-state index in [1.54, 1.807) is 6.07 Å². The first kappa shape index (κ1) is 14.3. The molecule has 0 spiro atoms. The Hall–Kier alpha value is -0.778. The summed E-state index contributed by atoms with van der Waals surface area (Å²) in [4.78, 5) is 0. The third-order valence-corrected chi connectivity index (χ3v) is 3.20. The van der Waals surface area contributed by atoms with E-state index in [2.05, 4.69) is 33.5 Å². The molecule has 1 aromatic rings. The van der Waals surface area contributed by atoms with Crippen molar-refractivity contribution in [1.82, 2.24) is 0 Å². The van der Waals surface area contributed by atoms with Crippen molar-refractivity contribution in [1.29, 1.82) is 0 Å². The van der Waals surface area contributed by atoms with Crippen molar-refractivity contribution in [3.8, 4) is 5.75 Å². The number of benzene rings is 1. The predicted molar refractivity (Wildman–Crippen MR) is 74.3 cm³/mol. The summed E-state index contributed by atoms with van der Waals surface area (Å²) in [5.74, 6) is 1.16. The molecule has 0 aliphatic rings. The molecule has 0 saturated heterocycles. The van der Waals surface area contributed by atoms with Gasteiger partial charge in [0.05, 0.1) is 0 Å². The van der Waals surface area contributed by atoms with Gasteiger partial charge in [0.15, 0.2) is 0 Å². The fourth-order valence-electron chi connectivity index (χ4n) is 1.60. The maximum Gasteiger partial charge on any atom is 0.488 e. The van der Waals surface area contributed by atoms with E-state index in [-0.39, 0.29) is 0 Å². The van der Waals surface area contributed by atoms with Gasteiger partial charge < -0.3 is 14.5 Å². The van der Waals surface area contributed by atoms with Crippen LogP contribution < -0.4 is 9.89 Å². The Balaban J connectivity index is 3.13. The van der Waals surface area contributed by atoms with E-state index < -0.39 is 15.4 Å². The van der Waals surface area contributed by atoms with Gasteiger partial charge in [0.25, 0.3) is 0 Å². The van der Waals surface area contributed by atoms with Crippen LogP contribution in [0.15, 0.2) is 18.2 Å². The molecule has 0 aliphatic carbocycles. The highest BCUT2D eigenvalue weighted by molar-refractivity contribution is 6.70. The van der Waals surface area contributed by atoms with E-state index >= 15 is 0 Å². The van der Waals surface area contributed by atoms with Crippen LogP contribution in [0.5, 0.6) is 5.75 Å². The van der Waals surface area contributed by atoms with E-state index in [9.17, 15) is 10.0 Å². The summed E-state index contributed by atoms with van der Waals surface area (Å²) in [6, 6.07) is 5.35. The second-order valence-electron chi connectivity index (χ2n) is 5.54. The van der Waals surface area contributed by atoms with Gasteiger partial charge >= 0.3 is 7.12 Å². The number of rotatable bonds is 4. The van der Waals surface area contributed by atoms with Gasteiger partial charge in [0, 0.05) is 0 Å². The first-order valence-corrected chi connectivity index (χ1v) is 9.30. The average Bonchev–Trinajstić information content (AvgIpc) is 2.14. The van der Waals surface area contributed by atoms with Crippen molar-refractivity contribution in [2.24, 2.45) is 0 Å². The van der Waals surface area contributed by atoms with Gasteiger partial charge in [0.1, 0.15) is 5.75 Å². The molecular formula is C12H21BO3Si. The summed E-state index contributed by atoms with van der Waals surface area (Å²) < 4.78 is 6.00. The topological polar surface area (TPSA) is 49.7 Å². The molecule has 0 aliphatic heterocycles. The fraction of sp³-hybridized carbons (Fsp3) is 0.500. The molecular weight excluding hydrogens is 231 g/mol. The molecule has 0 fully saturated rings. The van der Waals surface area contributed by atoms with Crippen molar-refractivity contribution in [3.05, 3.63) is 23.8 Å². The first-order valence-electron chi connectivity index (χ1n) is 5.89. The molecule has 0 amide bonds. The summed E-state index contributed by atoms with van der Waals surface area (Å²) in [6.07, 6.45) is 0. The second kappa shape index (κ2) is 5.25. The third kappa shape index (κ3) is 4.18. The minimum Gasteiger partial charge on any atom is -0.544 e. The van der Waals surface area contributed by atoms with Crippen LogP contribution in [-0.4, -0.2) is 25.5 Å². The van der Waals surface area contributed by atoms with Crippen molar-refractivity contribution in [2.45, 2.75) is 39.4 Å². The maximum atomic E-state index is 9.18. The SMILES string of the molecule is CC(C)c1cc(B(O)O)ccc1O[Si](C)(C)C. The number of hydrogen-bond donors (Lipinski definition) is 2. The van der Waals surface area contributed by atoms with Crippen molar-refractivity contribution in [2.75, 3.05) is 0 Å². The van der Waals surface area contributed by atoms with E-state index in [0.29, 0.717) is 11.4 Å². The zero-order valence-electron chi connectivity index (χ0n) is 11.2. The normalized spacial score (nSPS) is 11.8. The third-order valence-electron chi connectivity index (χ3n) is 2.37. The van der Waals surface area contributed by atoms with Gasteiger partial charge in [-0.2, -0.15) is 0 Å². The summed E-state index contributed by atoms with van der Waals surface area (Å²) in [6.45, 7) is 10.5. The lowest BCUT2D eigenvalue weighted by molar-refractivity contribution is 0.425. The molecule has 0 saturated carbocycles. The van der Waals surface area contributed by atoms with Gasteiger partial charge in [-0.1, -0.05) is 26.0 Å². The lowest BCUT2D eigenvalue weighted by Gasteiger charge is -2.23. The Morgan fingerprint density at radius 2 is 1.76 bits per heavy atom. The molecule has 0 unspecified atom stereocenters.